The summed E-state index contributed by atoms with van der Waals surface area (Å²) in [7, 11) is 0. The Kier molecular flexibility index (Phi) is 2.74. The normalized spacial score (nSPS) is 10.4. The van der Waals surface area contributed by atoms with E-state index in [-0.39, 0.29) is 15.7 Å². The average molecular weight is 285 g/mol. The van der Waals surface area contributed by atoms with Crippen LogP contribution in [0.15, 0.2) is 35.1 Å². The lowest BCUT2D eigenvalue weighted by Crippen LogP contribution is -2.06. The van der Waals surface area contributed by atoms with E-state index in [0.29, 0.717) is 0 Å². The lowest BCUT2D eigenvalue weighted by atomic mass is 10.2. The van der Waals surface area contributed by atoms with Gasteiger partial charge < -0.3 is 5.11 Å². The zero-order valence-corrected chi connectivity index (χ0v) is 9.48. The first kappa shape index (κ1) is 10.8. The summed E-state index contributed by atoms with van der Waals surface area (Å²) in [5.74, 6) is -1.67. The van der Waals surface area contributed by atoms with E-state index in [2.05, 4.69) is 21.0 Å². The van der Waals surface area contributed by atoms with Gasteiger partial charge in [-0.2, -0.15) is 5.10 Å². The molecule has 0 amide bonds. The summed E-state index contributed by atoms with van der Waals surface area (Å²) in [5, 5.41) is 12.9. The molecule has 0 fully saturated rings. The van der Waals surface area contributed by atoms with Gasteiger partial charge in [-0.05, 0) is 28.1 Å². The van der Waals surface area contributed by atoms with Gasteiger partial charge in [0.15, 0.2) is 0 Å². The Morgan fingerprint density at radius 2 is 2.25 bits per heavy atom. The molecule has 0 atom stereocenters. The van der Waals surface area contributed by atoms with Crippen molar-refractivity contribution in [1.29, 1.82) is 0 Å². The number of benzene rings is 1. The highest BCUT2D eigenvalue weighted by molar-refractivity contribution is 9.10. The van der Waals surface area contributed by atoms with Crippen LogP contribution >= 0.6 is 15.9 Å². The third kappa shape index (κ3) is 1.83. The zero-order valence-electron chi connectivity index (χ0n) is 7.89. The van der Waals surface area contributed by atoms with Gasteiger partial charge in [0.1, 0.15) is 5.82 Å². The van der Waals surface area contributed by atoms with Crippen LogP contribution in [0, 0.1) is 5.82 Å². The lowest BCUT2D eigenvalue weighted by Gasteiger charge is -2.07. The molecule has 0 aliphatic carbocycles. The number of aromatic nitrogens is 2. The fourth-order valence-corrected chi connectivity index (χ4v) is 1.65. The minimum absolute atomic E-state index is 0.0167. The molecule has 4 nitrogen and oxygen atoms in total. The highest BCUT2D eigenvalue weighted by atomic mass is 79.9. The second-order valence-electron chi connectivity index (χ2n) is 3.04. The average Bonchev–Trinajstić information content (AvgIpc) is 2.74. The zero-order chi connectivity index (χ0) is 11.7. The van der Waals surface area contributed by atoms with E-state index in [4.69, 9.17) is 5.11 Å². The van der Waals surface area contributed by atoms with Gasteiger partial charge in [-0.3, -0.25) is 0 Å². The predicted octanol–water partition coefficient (Wildman–Crippen LogP) is 2.47. The molecule has 82 valence electrons. The van der Waals surface area contributed by atoms with Crippen LogP contribution in [0.25, 0.3) is 5.69 Å². The molecular formula is C10H6BrFN2O2. The van der Waals surface area contributed by atoms with Crippen molar-refractivity contribution in [2.24, 2.45) is 0 Å². The molecule has 0 saturated heterocycles. The minimum Gasteiger partial charge on any atom is -0.478 e. The molecule has 0 spiro atoms. The number of halogens is 2. The first-order valence-corrected chi connectivity index (χ1v) is 5.11. The molecule has 0 unspecified atom stereocenters. The first-order valence-electron chi connectivity index (χ1n) is 4.32. The summed E-state index contributed by atoms with van der Waals surface area (Å²) in [6.07, 6.45) is 3.04. The van der Waals surface area contributed by atoms with Gasteiger partial charge in [-0.1, -0.05) is 0 Å². The third-order valence-electron chi connectivity index (χ3n) is 2.02. The molecule has 1 N–H and O–H groups in total. The van der Waals surface area contributed by atoms with Crippen LogP contribution in [0.5, 0.6) is 0 Å². The van der Waals surface area contributed by atoms with Crippen LogP contribution in [0.1, 0.15) is 10.4 Å². The van der Waals surface area contributed by atoms with Crippen LogP contribution in [0.2, 0.25) is 0 Å². The van der Waals surface area contributed by atoms with Crippen molar-refractivity contribution in [3.63, 3.8) is 0 Å². The molecule has 6 heteroatoms. The van der Waals surface area contributed by atoms with Crippen molar-refractivity contribution < 1.29 is 14.3 Å². The van der Waals surface area contributed by atoms with Crippen molar-refractivity contribution in [3.05, 3.63) is 46.4 Å². The summed E-state index contributed by atoms with van der Waals surface area (Å²) < 4.78 is 14.7. The van der Waals surface area contributed by atoms with Gasteiger partial charge in [0, 0.05) is 18.5 Å². The van der Waals surface area contributed by atoms with Gasteiger partial charge in [0.2, 0.25) is 0 Å². The number of hydrogen-bond acceptors (Lipinski definition) is 2. The Morgan fingerprint density at radius 3 is 2.81 bits per heavy atom. The number of aromatic carboxylic acids is 1. The smallest absolute Gasteiger partial charge is 0.337 e. The maximum Gasteiger partial charge on any atom is 0.337 e. The molecule has 0 aliphatic rings. The Balaban J connectivity index is 2.68. The van der Waals surface area contributed by atoms with Gasteiger partial charge in [-0.25, -0.2) is 13.9 Å². The number of carboxylic acid groups (broad SMARTS) is 1. The maximum atomic E-state index is 13.3. The number of hydrogen-bond donors (Lipinski definition) is 1. The largest absolute Gasteiger partial charge is 0.478 e. The number of nitrogens with zero attached hydrogens (tertiary/aromatic N) is 2. The fraction of sp³-hybridized carbons (Fsp3) is 0. The highest BCUT2D eigenvalue weighted by Crippen LogP contribution is 2.23. The molecule has 1 heterocycles. The van der Waals surface area contributed by atoms with Crippen LogP contribution in [-0.4, -0.2) is 20.9 Å². The molecular weight excluding hydrogens is 279 g/mol. The van der Waals surface area contributed by atoms with Gasteiger partial charge in [-0.15, -0.1) is 0 Å². The Morgan fingerprint density at radius 1 is 1.50 bits per heavy atom. The summed E-state index contributed by atoms with van der Waals surface area (Å²) >= 11 is 2.94. The molecule has 1 aromatic carbocycles. The van der Waals surface area contributed by atoms with Gasteiger partial charge in [0.05, 0.1) is 15.7 Å². The lowest BCUT2D eigenvalue weighted by molar-refractivity contribution is 0.0696. The molecule has 1 aromatic heterocycles. The summed E-state index contributed by atoms with van der Waals surface area (Å²) in [4.78, 5) is 11.0. The van der Waals surface area contributed by atoms with E-state index in [1.165, 1.54) is 16.9 Å². The third-order valence-corrected chi connectivity index (χ3v) is 2.63. The Labute approximate surface area is 98.4 Å². The summed E-state index contributed by atoms with van der Waals surface area (Å²) in [6.45, 7) is 0. The molecule has 0 bridgehead atoms. The van der Waals surface area contributed by atoms with Gasteiger partial charge >= 0.3 is 5.97 Å². The topological polar surface area (TPSA) is 55.1 Å². The molecule has 0 saturated carbocycles. The number of carboxylic acids is 1. The predicted molar refractivity (Wildman–Crippen MR) is 58.2 cm³/mol. The quantitative estimate of drug-likeness (QED) is 0.922. The highest BCUT2D eigenvalue weighted by Gasteiger charge is 2.15. The van der Waals surface area contributed by atoms with Crippen LogP contribution in [-0.2, 0) is 0 Å². The van der Waals surface area contributed by atoms with Gasteiger partial charge in [0.25, 0.3) is 0 Å². The van der Waals surface area contributed by atoms with Crippen molar-refractivity contribution in [2.45, 2.75) is 0 Å². The molecule has 2 aromatic rings. The SMILES string of the molecule is O=C(O)c1cc(Br)c(F)cc1-n1cccn1. The second kappa shape index (κ2) is 4.05. The van der Waals surface area contributed by atoms with Crippen LogP contribution in [0.4, 0.5) is 4.39 Å². The van der Waals surface area contributed by atoms with Crippen molar-refractivity contribution in [2.75, 3.05) is 0 Å². The first-order chi connectivity index (χ1) is 7.59. The van der Waals surface area contributed by atoms with E-state index in [0.717, 1.165) is 6.07 Å². The van der Waals surface area contributed by atoms with Crippen LogP contribution < -0.4 is 0 Å². The maximum absolute atomic E-state index is 13.3. The van der Waals surface area contributed by atoms with Crippen molar-refractivity contribution in [1.82, 2.24) is 9.78 Å². The molecule has 16 heavy (non-hydrogen) atoms. The minimum atomic E-state index is -1.13. The number of carbonyl (C=O) groups is 1. The summed E-state index contributed by atoms with van der Waals surface area (Å²) in [5.41, 5.74) is 0.176. The van der Waals surface area contributed by atoms with Crippen molar-refractivity contribution >= 4 is 21.9 Å². The van der Waals surface area contributed by atoms with E-state index in [1.807, 2.05) is 0 Å². The van der Waals surface area contributed by atoms with Crippen molar-refractivity contribution in [3.8, 4) is 5.69 Å². The van der Waals surface area contributed by atoms with E-state index in [9.17, 15) is 9.18 Å². The number of rotatable bonds is 2. The van der Waals surface area contributed by atoms with Crippen LogP contribution in [0.3, 0.4) is 0 Å². The standard InChI is InChI=1S/C10H6BrFN2O2/c11-7-4-6(10(15)16)9(5-8(7)12)14-3-1-2-13-14/h1-5H,(H,15,16). The Hall–Kier alpha value is -1.69. The Bertz CT molecular complexity index is 540. The molecule has 0 aliphatic heterocycles. The monoisotopic (exact) mass is 284 g/mol. The van der Waals surface area contributed by atoms with E-state index in [1.54, 1.807) is 12.3 Å². The fourth-order valence-electron chi connectivity index (χ4n) is 1.31. The second-order valence-corrected chi connectivity index (χ2v) is 3.89. The molecule has 2 rings (SSSR count). The summed E-state index contributed by atoms with van der Waals surface area (Å²) in [6, 6.07) is 3.97. The van der Waals surface area contributed by atoms with E-state index >= 15 is 0 Å². The molecule has 0 radical (unpaired) electrons. The van der Waals surface area contributed by atoms with E-state index < -0.39 is 11.8 Å².